The van der Waals surface area contributed by atoms with Crippen LogP contribution in [-0.2, 0) is 6.42 Å². The van der Waals surface area contributed by atoms with Crippen molar-refractivity contribution in [3.8, 4) is 0 Å². The number of hydrogen-bond acceptors (Lipinski definition) is 2. The molecule has 2 aromatic rings. The SMILES string of the molecule is CCNC(CCc1ccccc1)c1ccoc1. The summed E-state index contributed by atoms with van der Waals surface area (Å²) in [5, 5.41) is 3.50. The van der Waals surface area contributed by atoms with E-state index in [4.69, 9.17) is 4.42 Å². The van der Waals surface area contributed by atoms with E-state index in [1.807, 2.05) is 12.3 Å². The zero-order valence-electron chi connectivity index (χ0n) is 10.2. The Bertz CT molecular complexity index is 408. The van der Waals surface area contributed by atoms with Crippen LogP contribution in [0.1, 0.15) is 30.5 Å². The van der Waals surface area contributed by atoms with Gasteiger partial charge in [-0.25, -0.2) is 0 Å². The van der Waals surface area contributed by atoms with Crippen LogP contribution in [0.3, 0.4) is 0 Å². The van der Waals surface area contributed by atoms with Crippen molar-refractivity contribution in [1.29, 1.82) is 0 Å². The third-order valence-electron chi connectivity index (χ3n) is 2.96. The van der Waals surface area contributed by atoms with Gasteiger partial charge in [-0.2, -0.15) is 0 Å². The third-order valence-corrected chi connectivity index (χ3v) is 2.96. The van der Waals surface area contributed by atoms with Crippen molar-refractivity contribution in [1.82, 2.24) is 5.32 Å². The molecule has 0 saturated carbocycles. The summed E-state index contributed by atoms with van der Waals surface area (Å²) in [4.78, 5) is 0. The van der Waals surface area contributed by atoms with Crippen LogP contribution in [0, 0.1) is 0 Å². The lowest BCUT2D eigenvalue weighted by Crippen LogP contribution is -2.21. The number of hydrogen-bond donors (Lipinski definition) is 1. The van der Waals surface area contributed by atoms with Gasteiger partial charge in [-0.15, -0.1) is 0 Å². The average molecular weight is 229 g/mol. The number of rotatable bonds is 6. The van der Waals surface area contributed by atoms with E-state index in [0.29, 0.717) is 6.04 Å². The Hall–Kier alpha value is -1.54. The Morgan fingerprint density at radius 1 is 1.18 bits per heavy atom. The van der Waals surface area contributed by atoms with Gasteiger partial charge in [0.25, 0.3) is 0 Å². The summed E-state index contributed by atoms with van der Waals surface area (Å²) in [6, 6.07) is 13.0. The minimum Gasteiger partial charge on any atom is -0.472 e. The minimum atomic E-state index is 0.388. The largest absolute Gasteiger partial charge is 0.472 e. The van der Waals surface area contributed by atoms with E-state index in [-0.39, 0.29) is 0 Å². The average Bonchev–Trinajstić information content (AvgIpc) is 2.89. The molecular formula is C15H19NO. The summed E-state index contributed by atoms with van der Waals surface area (Å²) in [6.07, 6.45) is 5.75. The topological polar surface area (TPSA) is 25.2 Å². The Kier molecular flexibility index (Phi) is 4.39. The van der Waals surface area contributed by atoms with Gasteiger partial charge in [-0.05, 0) is 31.0 Å². The van der Waals surface area contributed by atoms with Gasteiger partial charge in [-0.3, -0.25) is 0 Å². The number of aryl methyl sites for hydroxylation is 1. The highest BCUT2D eigenvalue weighted by atomic mass is 16.3. The molecule has 1 unspecified atom stereocenters. The predicted octanol–water partition coefficient (Wildman–Crippen LogP) is 3.56. The molecule has 0 radical (unpaired) electrons. The summed E-state index contributed by atoms with van der Waals surface area (Å²) < 4.78 is 5.15. The second-order valence-electron chi connectivity index (χ2n) is 4.19. The van der Waals surface area contributed by atoms with Gasteiger partial charge >= 0.3 is 0 Å². The smallest absolute Gasteiger partial charge is 0.0950 e. The molecule has 17 heavy (non-hydrogen) atoms. The fourth-order valence-corrected chi connectivity index (χ4v) is 2.06. The van der Waals surface area contributed by atoms with Crippen molar-refractivity contribution in [3.63, 3.8) is 0 Å². The van der Waals surface area contributed by atoms with Gasteiger partial charge in [0.1, 0.15) is 0 Å². The molecule has 0 aliphatic heterocycles. The van der Waals surface area contributed by atoms with Crippen molar-refractivity contribution in [2.45, 2.75) is 25.8 Å². The lowest BCUT2D eigenvalue weighted by atomic mass is 10.0. The van der Waals surface area contributed by atoms with E-state index < -0.39 is 0 Å². The molecule has 0 spiro atoms. The van der Waals surface area contributed by atoms with E-state index in [1.54, 1.807) is 6.26 Å². The van der Waals surface area contributed by atoms with E-state index in [9.17, 15) is 0 Å². The zero-order chi connectivity index (χ0) is 11.9. The van der Waals surface area contributed by atoms with Gasteiger partial charge in [0.05, 0.1) is 12.5 Å². The lowest BCUT2D eigenvalue weighted by Gasteiger charge is -2.16. The predicted molar refractivity (Wildman–Crippen MR) is 69.9 cm³/mol. The first-order chi connectivity index (χ1) is 8.40. The molecule has 1 N–H and O–H groups in total. The van der Waals surface area contributed by atoms with Crippen molar-refractivity contribution < 1.29 is 4.42 Å². The van der Waals surface area contributed by atoms with Crippen LogP contribution in [0.4, 0.5) is 0 Å². The molecule has 90 valence electrons. The van der Waals surface area contributed by atoms with Gasteiger partial charge in [0, 0.05) is 11.6 Å². The standard InChI is InChI=1S/C15H19NO/c1-2-16-15(14-10-11-17-12-14)9-8-13-6-4-3-5-7-13/h3-7,10-12,15-16H,2,8-9H2,1H3. The van der Waals surface area contributed by atoms with Crippen LogP contribution in [0.25, 0.3) is 0 Å². The highest BCUT2D eigenvalue weighted by Gasteiger charge is 2.11. The van der Waals surface area contributed by atoms with E-state index >= 15 is 0 Å². The summed E-state index contributed by atoms with van der Waals surface area (Å²) in [7, 11) is 0. The first-order valence-corrected chi connectivity index (χ1v) is 6.19. The molecule has 0 fully saturated rings. The van der Waals surface area contributed by atoms with Crippen LogP contribution in [0.5, 0.6) is 0 Å². The molecule has 2 rings (SSSR count). The fourth-order valence-electron chi connectivity index (χ4n) is 2.06. The molecule has 2 heteroatoms. The molecule has 1 aromatic carbocycles. The van der Waals surface area contributed by atoms with Crippen molar-refractivity contribution >= 4 is 0 Å². The quantitative estimate of drug-likeness (QED) is 0.819. The Labute approximate surface area is 103 Å². The van der Waals surface area contributed by atoms with Crippen molar-refractivity contribution in [2.75, 3.05) is 6.54 Å². The highest BCUT2D eigenvalue weighted by molar-refractivity contribution is 5.17. The molecule has 0 amide bonds. The summed E-state index contributed by atoms with van der Waals surface area (Å²) in [6.45, 7) is 3.11. The first kappa shape index (κ1) is 11.9. The van der Waals surface area contributed by atoms with Gasteiger partial charge in [0.15, 0.2) is 0 Å². The van der Waals surface area contributed by atoms with Gasteiger partial charge in [-0.1, -0.05) is 37.3 Å². The Morgan fingerprint density at radius 3 is 2.65 bits per heavy atom. The second kappa shape index (κ2) is 6.26. The summed E-state index contributed by atoms with van der Waals surface area (Å²) in [5.74, 6) is 0. The van der Waals surface area contributed by atoms with Crippen LogP contribution in [-0.4, -0.2) is 6.54 Å². The highest BCUT2D eigenvalue weighted by Crippen LogP contribution is 2.19. The molecule has 0 aliphatic carbocycles. The van der Waals surface area contributed by atoms with Crippen molar-refractivity contribution in [3.05, 3.63) is 60.1 Å². The van der Waals surface area contributed by atoms with Crippen molar-refractivity contribution in [2.24, 2.45) is 0 Å². The summed E-state index contributed by atoms with van der Waals surface area (Å²) >= 11 is 0. The lowest BCUT2D eigenvalue weighted by molar-refractivity contribution is 0.501. The number of furan rings is 1. The van der Waals surface area contributed by atoms with Gasteiger partial charge in [0.2, 0.25) is 0 Å². The molecule has 1 aromatic heterocycles. The normalized spacial score (nSPS) is 12.5. The summed E-state index contributed by atoms with van der Waals surface area (Å²) in [5.41, 5.74) is 2.63. The van der Waals surface area contributed by atoms with Gasteiger partial charge < -0.3 is 9.73 Å². The van der Waals surface area contributed by atoms with E-state index in [0.717, 1.165) is 19.4 Å². The van der Waals surface area contributed by atoms with Crippen LogP contribution >= 0.6 is 0 Å². The van der Waals surface area contributed by atoms with E-state index in [1.165, 1.54) is 11.1 Å². The third kappa shape index (κ3) is 3.46. The molecule has 1 atom stereocenters. The molecule has 0 aliphatic rings. The molecule has 2 nitrogen and oxygen atoms in total. The fraction of sp³-hybridized carbons (Fsp3) is 0.333. The maximum Gasteiger partial charge on any atom is 0.0950 e. The maximum absolute atomic E-state index is 5.15. The van der Waals surface area contributed by atoms with Crippen LogP contribution in [0.15, 0.2) is 53.3 Å². The molecule has 0 saturated heterocycles. The van der Waals surface area contributed by atoms with E-state index in [2.05, 4.69) is 42.6 Å². The zero-order valence-corrected chi connectivity index (χ0v) is 10.2. The maximum atomic E-state index is 5.15. The number of benzene rings is 1. The number of nitrogens with one attached hydrogen (secondary N) is 1. The molecular weight excluding hydrogens is 210 g/mol. The second-order valence-corrected chi connectivity index (χ2v) is 4.19. The first-order valence-electron chi connectivity index (χ1n) is 6.19. The van der Waals surface area contributed by atoms with Crippen LogP contribution < -0.4 is 5.32 Å². The monoisotopic (exact) mass is 229 g/mol. The Morgan fingerprint density at radius 2 is 2.00 bits per heavy atom. The van der Waals surface area contributed by atoms with Crippen LogP contribution in [0.2, 0.25) is 0 Å². The molecule has 0 bridgehead atoms. The molecule has 1 heterocycles. The Balaban J connectivity index is 1.95. The minimum absolute atomic E-state index is 0.388.